The molecule has 0 bridgehead atoms. The van der Waals surface area contributed by atoms with Crippen molar-refractivity contribution in [2.24, 2.45) is 7.05 Å². The predicted octanol–water partition coefficient (Wildman–Crippen LogP) is 3.29. The van der Waals surface area contributed by atoms with Gasteiger partial charge in [0.05, 0.1) is 39.8 Å². The third-order valence-corrected chi connectivity index (χ3v) is 5.72. The van der Waals surface area contributed by atoms with Gasteiger partial charge in [-0.3, -0.25) is 19.1 Å². The van der Waals surface area contributed by atoms with Gasteiger partial charge in [-0.15, -0.1) is 0 Å². The number of aromatic nitrogens is 5. The molecule has 32 heavy (non-hydrogen) atoms. The summed E-state index contributed by atoms with van der Waals surface area (Å²) in [4.78, 5) is 28.8. The van der Waals surface area contributed by atoms with Gasteiger partial charge in [0, 0.05) is 44.5 Å². The highest BCUT2D eigenvalue weighted by Gasteiger charge is 2.18. The fourth-order valence-electron chi connectivity index (χ4n) is 4.04. The van der Waals surface area contributed by atoms with Crippen LogP contribution in [0.25, 0.3) is 38.8 Å². The molecular formula is C24H23N7O. The van der Waals surface area contributed by atoms with Crippen molar-refractivity contribution in [2.75, 3.05) is 24.7 Å². The van der Waals surface area contributed by atoms with Crippen molar-refractivity contribution >= 4 is 33.4 Å². The van der Waals surface area contributed by atoms with E-state index in [9.17, 15) is 4.79 Å². The van der Waals surface area contributed by atoms with Gasteiger partial charge in [0.1, 0.15) is 5.82 Å². The molecule has 0 saturated carbocycles. The number of aryl methyl sites for hydroxylation is 2. The minimum absolute atomic E-state index is 0.146. The molecule has 160 valence electrons. The Hall–Kier alpha value is -4.20. The number of anilines is 2. The van der Waals surface area contributed by atoms with Gasteiger partial charge in [-0.1, -0.05) is 6.07 Å². The van der Waals surface area contributed by atoms with Crippen LogP contribution in [0.4, 0.5) is 11.5 Å². The van der Waals surface area contributed by atoms with Gasteiger partial charge in [-0.25, -0.2) is 9.78 Å². The lowest BCUT2D eigenvalue weighted by Crippen LogP contribution is -2.22. The average molecular weight is 425 g/mol. The quantitative estimate of drug-likeness (QED) is 0.477. The first-order valence-corrected chi connectivity index (χ1v) is 10.2. The highest BCUT2D eigenvalue weighted by atomic mass is 16.1. The molecule has 5 aromatic rings. The van der Waals surface area contributed by atoms with Gasteiger partial charge < -0.3 is 10.6 Å². The molecule has 0 aliphatic heterocycles. The van der Waals surface area contributed by atoms with Crippen molar-refractivity contribution < 1.29 is 0 Å². The third kappa shape index (κ3) is 2.99. The average Bonchev–Trinajstić information content (AvgIpc) is 3.04. The first kappa shape index (κ1) is 19.7. The Morgan fingerprint density at radius 1 is 1.00 bits per heavy atom. The Morgan fingerprint density at radius 3 is 2.53 bits per heavy atom. The molecule has 0 amide bonds. The Balaban J connectivity index is 1.85. The van der Waals surface area contributed by atoms with E-state index >= 15 is 0 Å². The number of fused-ring (bicyclic) bond motifs is 3. The molecule has 8 nitrogen and oxygen atoms in total. The highest BCUT2D eigenvalue weighted by molar-refractivity contribution is 6.04. The van der Waals surface area contributed by atoms with Gasteiger partial charge in [-0.05, 0) is 42.8 Å². The molecular weight excluding hydrogens is 402 g/mol. The standard InChI is InChI=1S/C24H23N7O/c1-14-20(7-8-22(28-14)29(2)3)31-23-18-10-15(16-9-17(25)12-26-11-16)5-6-19(18)27-13-21(23)30(4)24(31)32/h5-13H,25H2,1-4H3. The molecule has 0 radical (unpaired) electrons. The number of pyridine rings is 3. The van der Waals surface area contributed by atoms with E-state index in [1.165, 1.54) is 0 Å². The lowest BCUT2D eigenvalue weighted by atomic mass is 10.0. The number of nitrogens with zero attached hydrogens (tertiary/aromatic N) is 6. The zero-order valence-electron chi connectivity index (χ0n) is 18.4. The summed E-state index contributed by atoms with van der Waals surface area (Å²) in [6, 6.07) is 11.7. The summed E-state index contributed by atoms with van der Waals surface area (Å²) < 4.78 is 3.35. The Kier molecular flexibility index (Phi) is 4.44. The molecule has 4 aromatic heterocycles. The summed E-state index contributed by atoms with van der Waals surface area (Å²) in [5.41, 5.74) is 12.1. The van der Waals surface area contributed by atoms with Crippen LogP contribution in [-0.2, 0) is 7.05 Å². The van der Waals surface area contributed by atoms with E-state index in [2.05, 4.69) is 15.0 Å². The monoisotopic (exact) mass is 425 g/mol. The summed E-state index contributed by atoms with van der Waals surface area (Å²) in [6.07, 6.45) is 5.14. The Morgan fingerprint density at radius 2 is 1.81 bits per heavy atom. The van der Waals surface area contributed by atoms with Gasteiger partial charge >= 0.3 is 5.69 Å². The van der Waals surface area contributed by atoms with E-state index < -0.39 is 0 Å². The first-order valence-electron chi connectivity index (χ1n) is 10.2. The van der Waals surface area contributed by atoms with E-state index in [0.29, 0.717) is 5.69 Å². The lowest BCUT2D eigenvalue weighted by Gasteiger charge is -2.14. The summed E-state index contributed by atoms with van der Waals surface area (Å²) in [6.45, 7) is 1.92. The van der Waals surface area contributed by atoms with Crippen LogP contribution in [0.1, 0.15) is 5.69 Å². The minimum Gasteiger partial charge on any atom is -0.397 e. The topological polar surface area (TPSA) is 94.9 Å². The SMILES string of the molecule is Cc1nc(N(C)C)ccc1-n1c(=O)n(C)c2cnc3ccc(-c4cncc(N)c4)cc3c21. The number of hydrogen-bond acceptors (Lipinski definition) is 6. The second-order valence-electron chi connectivity index (χ2n) is 8.08. The van der Waals surface area contributed by atoms with Crippen LogP contribution in [0.3, 0.4) is 0 Å². The van der Waals surface area contributed by atoms with Gasteiger partial charge in [-0.2, -0.15) is 0 Å². The minimum atomic E-state index is -0.146. The van der Waals surface area contributed by atoms with Crippen LogP contribution in [0.15, 0.2) is 59.8 Å². The normalized spacial score (nSPS) is 11.4. The van der Waals surface area contributed by atoms with Crippen LogP contribution in [0.2, 0.25) is 0 Å². The molecule has 8 heteroatoms. The Bertz CT molecular complexity index is 1560. The van der Waals surface area contributed by atoms with Gasteiger partial charge in [0.2, 0.25) is 0 Å². The molecule has 5 rings (SSSR count). The van der Waals surface area contributed by atoms with E-state index in [4.69, 9.17) is 5.73 Å². The second-order valence-corrected chi connectivity index (χ2v) is 8.08. The maximum absolute atomic E-state index is 13.3. The van der Waals surface area contributed by atoms with Crippen LogP contribution < -0.4 is 16.3 Å². The summed E-state index contributed by atoms with van der Waals surface area (Å²) in [7, 11) is 5.65. The molecule has 0 spiro atoms. The third-order valence-electron chi connectivity index (χ3n) is 5.72. The molecule has 4 heterocycles. The lowest BCUT2D eigenvalue weighted by molar-refractivity contribution is 0.839. The maximum atomic E-state index is 13.3. The molecule has 0 aliphatic rings. The summed E-state index contributed by atoms with van der Waals surface area (Å²) in [5, 5.41) is 0.871. The maximum Gasteiger partial charge on any atom is 0.333 e. The van der Waals surface area contributed by atoms with Gasteiger partial charge in [0.25, 0.3) is 0 Å². The van der Waals surface area contributed by atoms with Crippen LogP contribution in [-0.4, -0.2) is 38.2 Å². The number of hydrogen-bond donors (Lipinski definition) is 1. The number of benzene rings is 1. The first-order chi connectivity index (χ1) is 15.3. The fourth-order valence-corrected chi connectivity index (χ4v) is 4.04. The predicted molar refractivity (Wildman–Crippen MR) is 128 cm³/mol. The zero-order chi connectivity index (χ0) is 22.6. The summed E-state index contributed by atoms with van der Waals surface area (Å²) >= 11 is 0. The summed E-state index contributed by atoms with van der Waals surface area (Å²) in [5.74, 6) is 0.836. The fraction of sp³-hybridized carbons (Fsp3) is 0.167. The smallest absolute Gasteiger partial charge is 0.333 e. The highest BCUT2D eigenvalue weighted by Crippen LogP contribution is 2.30. The molecule has 0 unspecified atom stereocenters. The molecule has 1 aromatic carbocycles. The number of rotatable bonds is 3. The van der Waals surface area contributed by atoms with Crippen molar-refractivity contribution in [1.29, 1.82) is 0 Å². The molecule has 0 aliphatic carbocycles. The number of imidazole rings is 1. The Labute approximate surface area is 184 Å². The molecule has 0 saturated heterocycles. The van der Waals surface area contributed by atoms with E-state index in [-0.39, 0.29) is 5.69 Å². The largest absolute Gasteiger partial charge is 0.397 e. The van der Waals surface area contributed by atoms with Crippen molar-refractivity contribution in [2.45, 2.75) is 6.92 Å². The van der Waals surface area contributed by atoms with Crippen LogP contribution in [0, 0.1) is 6.92 Å². The second kappa shape index (κ2) is 7.19. The van der Waals surface area contributed by atoms with Crippen LogP contribution in [0.5, 0.6) is 0 Å². The van der Waals surface area contributed by atoms with Crippen LogP contribution >= 0.6 is 0 Å². The number of nitrogen functional groups attached to an aromatic ring is 1. The van der Waals surface area contributed by atoms with E-state index in [1.807, 2.05) is 62.3 Å². The van der Waals surface area contributed by atoms with E-state index in [0.717, 1.165) is 50.3 Å². The molecule has 0 fully saturated rings. The molecule has 0 atom stereocenters. The van der Waals surface area contributed by atoms with Crippen molar-refractivity contribution in [3.63, 3.8) is 0 Å². The zero-order valence-corrected chi connectivity index (χ0v) is 18.4. The van der Waals surface area contributed by atoms with E-state index in [1.54, 1.807) is 34.8 Å². The van der Waals surface area contributed by atoms with Gasteiger partial charge in [0.15, 0.2) is 0 Å². The molecule has 2 N–H and O–H groups in total. The van der Waals surface area contributed by atoms with Crippen molar-refractivity contribution in [3.8, 4) is 16.8 Å². The van der Waals surface area contributed by atoms with Crippen molar-refractivity contribution in [3.05, 3.63) is 71.2 Å². The van der Waals surface area contributed by atoms with Crippen molar-refractivity contribution in [1.82, 2.24) is 24.1 Å². The number of nitrogens with two attached hydrogens (primary N) is 1.